The van der Waals surface area contributed by atoms with E-state index >= 15 is 0 Å². The van der Waals surface area contributed by atoms with Crippen LogP contribution >= 0.6 is 0 Å². The predicted octanol–water partition coefficient (Wildman–Crippen LogP) is 32.8. The molecule has 117 heavy (non-hydrogen) atoms. The molecule has 0 amide bonds. The van der Waals surface area contributed by atoms with E-state index in [-0.39, 0.29) is 32.5 Å². The molecule has 0 aliphatic heterocycles. The molecular weight excluding hydrogens is 1470 g/mol. The van der Waals surface area contributed by atoms with Gasteiger partial charge in [-0.1, -0.05) is 146 Å². The van der Waals surface area contributed by atoms with Gasteiger partial charge in [0, 0.05) is 0 Å². The molecule has 0 bridgehead atoms. The summed E-state index contributed by atoms with van der Waals surface area (Å²) in [5.41, 5.74) is 27.9. The van der Waals surface area contributed by atoms with Crippen LogP contribution in [0, 0.1) is 0 Å². The molecule has 10 aromatic rings. The summed E-state index contributed by atoms with van der Waals surface area (Å²) < 4.78 is 6.25. The second kappa shape index (κ2) is 38.1. The van der Waals surface area contributed by atoms with E-state index in [0.29, 0.717) is 0 Å². The summed E-state index contributed by atoms with van der Waals surface area (Å²) in [6.45, 7) is 33.8. The van der Waals surface area contributed by atoms with Crippen LogP contribution in [0.2, 0.25) is 0 Å². The van der Waals surface area contributed by atoms with Gasteiger partial charge >= 0.3 is 553 Å². The Balaban J connectivity index is 1.00. The van der Waals surface area contributed by atoms with Gasteiger partial charge in [0.05, 0.1) is 0 Å². The molecule has 0 atom stereocenters. The third-order valence-electron chi connectivity index (χ3n) is 30.3. The van der Waals surface area contributed by atoms with Crippen molar-refractivity contribution in [3.8, 4) is 44.5 Å². The third kappa shape index (κ3) is 16.8. The van der Waals surface area contributed by atoms with Gasteiger partial charge in [-0.05, 0) is 22.0 Å². The fourth-order valence-electron chi connectivity index (χ4n) is 23.7. The van der Waals surface area contributed by atoms with E-state index in [0.717, 1.165) is 0 Å². The van der Waals surface area contributed by atoms with Crippen molar-refractivity contribution < 1.29 is 0 Å². The Labute approximate surface area is 715 Å². The maximum absolute atomic E-state index is 4.11. The van der Waals surface area contributed by atoms with E-state index in [4.69, 9.17) is 0 Å². The average Bonchev–Trinajstić information content (AvgIpc) is 1.55. The fourth-order valence-corrected chi connectivity index (χ4v) is 33.7. The van der Waals surface area contributed by atoms with Crippen LogP contribution in [0.5, 0.6) is 0 Å². The van der Waals surface area contributed by atoms with Crippen molar-refractivity contribution >= 4 is 52.4 Å². The molecule has 14 rings (SSSR count). The molecule has 0 N–H and O–H groups in total. The van der Waals surface area contributed by atoms with Crippen molar-refractivity contribution in [3.05, 3.63) is 238 Å². The normalized spacial score (nSPS) is 15.0. The Morgan fingerprint density at radius 2 is 0.410 bits per heavy atom. The van der Waals surface area contributed by atoms with Gasteiger partial charge in [-0.2, -0.15) is 0 Å². The maximum atomic E-state index is 2.95. The summed E-state index contributed by atoms with van der Waals surface area (Å²) >= 11 is -4.11. The SMILES string of the molecule is CCCCCCC1(CCCCCC)c2cc(C(C)(C)C)ccc2-c2cc3cc4c(cc3cc21)-c1cc[c]([Ge]([c]2ccccc2)([c]2ccccc2)[c]2ccc3c(c2)C(CCCCCC)(CCCCCC)c2cc5cc6c(cc5cc2-3)C(CCCCCC)(CCCCCC)c2cc(C(C)(C)C)ccc2-6)cc1C4(CCCCCC)CCCCCC. The molecule has 0 saturated carbocycles. The van der Waals surface area contributed by atoms with E-state index in [1.807, 2.05) is 0 Å². The van der Waals surface area contributed by atoms with Crippen LogP contribution in [0.15, 0.2) is 182 Å². The van der Waals surface area contributed by atoms with Crippen LogP contribution in [0.4, 0.5) is 0 Å². The van der Waals surface area contributed by atoms with Crippen molar-refractivity contribution in [1.29, 1.82) is 0 Å². The first-order valence-corrected chi connectivity index (χ1v) is 53.1. The van der Waals surface area contributed by atoms with Crippen molar-refractivity contribution in [2.45, 2.75) is 386 Å². The second-order valence-electron chi connectivity index (χ2n) is 40.1. The van der Waals surface area contributed by atoms with Gasteiger partial charge in [-0.3, -0.25) is 0 Å². The Morgan fingerprint density at radius 1 is 0.197 bits per heavy atom. The van der Waals surface area contributed by atoms with Crippen molar-refractivity contribution in [2.75, 3.05) is 0 Å². The van der Waals surface area contributed by atoms with Crippen LogP contribution in [-0.2, 0) is 32.5 Å². The molecule has 4 aliphatic rings. The number of fused-ring (bicyclic) bond motifs is 14. The zero-order chi connectivity index (χ0) is 82.0. The van der Waals surface area contributed by atoms with E-state index in [9.17, 15) is 0 Å². The second-order valence-corrected chi connectivity index (χ2v) is 48.1. The predicted molar refractivity (Wildman–Crippen MR) is 517 cm³/mol. The van der Waals surface area contributed by atoms with Gasteiger partial charge in [-0.25, -0.2) is 0 Å². The van der Waals surface area contributed by atoms with Crippen LogP contribution in [0.3, 0.4) is 0 Å². The number of benzene rings is 10. The number of rotatable bonds is 44. The van der Waals surface area contributed by atoms with Gasteiger partial charge in [-0.15, -0.1) is 0 Å². The van der Waals surface area contributed by atoms with E-state index in [2.05, 4.69) is 279 Å². The van der Waals surface area contributed by atoms with Crippen molar-refractivity contribution in [3.63, 3.8) is 0 Å². The molecule has 0 radical (unpaired) electrons. The Bertz CT molecular complexity index is 4620. The molecule has 1 heteroatoms. The number of hydrogen-bond acceptors (Lipinski definition) is 0. The van der Waals surface area contributed by atoms with Crippen LogP contribution in [0.1, 0.15) is 409 Å². The van der Waals surface area contributed by atoms with Crippen molar-refractivity contribution in [2.24, 2.45) is 0 Å². The quantitative estimate of drug-likeness (QED) is 0.0264. The summed E-state index contributed by atoms with van der Waals surface area (Å²) in [6.07, 6.45) is 50.5. The topological polar surface area (TPSA) is 0 Å². The third-order valence-corrected chi connectivity index (χ3v) is 40.2. The first-order chi connectivity index (χ1) is 56.9. The Hall–Kier alpha value is -6.74. The monoisotopic (exact) mass is 1620 g/mol. The molecule has 0 unspecified atom stereocenters. The standard InChI is InChI=1S/C116H152Ge/c1-15-23-31-45-65-113(66-46-32-24-16-2)103-77-87-75-101-97-63-59-93(83-109(97)115(69-49-35-27-19-5,70-50-36-28-20-6)105(101)79-85(87)73-99(103)95-61-57-89(81-107(95)113)111(9,10)11)117(91-53-41-39-42-54-91,92-55-43-40-44-56-92)94-60-64-98-102-76-88-78-104-100(74-86(88)80-106(102)116(110(98)84-94,71-51-37-29-21-7)72-52-38-30-22-8)96-62-58-90(112(12,13)14)82-108(96)114(104,67-47-33-25-17-3)68-48-34-26-18-4/h39-44,53-64,73-84H,15-38,45-52,65-72H2,1-14H3. The van der Waals surface area contributed by atoms with Crippen LogP contribution < -0.4 is 17.6 Å². The minimum atomic E-state index is -4.11. The first-order valence-electron chi connectivity index (χ1n) is 48.9. The van der Waals surface area contributed by atoms with E-state index in [1.54, 1.807) is 53.3 Å². The van der Waals surface area contributed by atoms with E-state index < -0.39 is 13.3 Å². The fraction of sp³-hybridized carbons (Fsp3) is 0.517. The summed E-state index contributed by atoms with van der Waals surface area (Å²) in [5.74, 6) is 0. The average molecular weight is 1620 g/mol. The molecule has 0 nitrogen and oxygen atoms in total. The molecule has 4 aliphatic carbocycles. The van der Waals surface area contributed by atoms with Gasteiger partial charge in [0.25, 0.3) is 0 Å². The zero-order valence-electron chi connectivity index (χ0n) is 76.1. The molecule has 620 valence electrons. The van der Waals surface area contributed by atoms with Crippen molar-refractivity contribution in [1.82, 2.24) is 0 Å². The Morgan fingerprint density at radius 3 is 0.632 bits per heavy atom. The summed E-state index contributed by atoms with van der Waals surface area (Å²) in [4.78, 5) is 0. The van der Waals surface area contributed by atoms with Crippen LogP contribution in [-0.4, -0.2) is 13.3 Å². The van der Waals surface area contributed by atoms with Crippen LogP contribution in [0.25, 0.3) is 66.1 Å². The molecule has 0 fully saturated rings. The van der Waals surface area contributed by atoms with Gasteiger partial charge in [0.15, 0.2) is 0 Å². The number of unbranched alkanes of at least 4 members (excludes halogenated alkanes) is 24. The molecule has 0 heterocycles. The van der Waals surface area contributed by atoms with Gasteiger partial charge in [0.1, 0.15) is 0 Å². The van der Waals surface area contributed by atoms with Gasteiger partial charge < -0.3 is 0 Å². The Kier molecular flexibility index (Phi) is 28.2. The summed E-state index contributed by atoms with van der Waals surface area (Å²) in [6, 6.07) is 79.2. The summed E-state index contributed by atoms with van der Waals surface area (Å²) in [5, 5.41) is 5.77. The van der Waals surface area contributed by atoms with Gasteiger partial charge in [0.2, 0.25) is 0 Å². The first kappa shape index (κ1) is 86.6. The molecular formula is C116H152Ge. The van der Waals surface area contributed by atoms with E-state index in [1.165, 1.54) is 343 Å². The zero-order valence-corrected chi connectivity index (χ0v) is 78.2. The minimum absolute atomic E-state index is 0.00271. The molecule has 0 aromatic heterocycles. The number of hydrogen-bond donors (Lipinski definition) is 0. The molecule has 0 spiro atoms. The molecule has 10 aromatic carbocycles. The summed E-state index contributed by atoms with van der Waals surface area (Å²) in [7, 11) is 0. The molecule has 0 saturated heterocycles.